The Kier molecular flexibility index (Phi) is 3.80. The van der Waals surface area contributed by atoms with Crippen LogP contribution in [-0.4, -0.2) is 4.98 Å². The van der Waals surface area contributed by atoms with E-state index >= 15 is 0 Å². The van der Waals surface area contributed by atoms with Crippen LogP contribution in [0.4, 0.5) is 10.8 Å². The molecule has 1 N–H and O–H groups in total. The van der Waals surface area contributed by atoms with Gasteiger partial charge in [-0.05, 0) is 52.3 Å². The monoisotopic (exact) mass is 416 g/mol. The molecule has 0 aliphatic carbocycles. The van der Waals surface area contributed by atoms with Gasteiger partial charge in [-0.3, -0.25) is 0 Å². The molecule has 2 nitrogen and oxygen atoms in total. The summed E-state index contributed by atoms with van der Waals surface area (Å²) in [7, 11) is 0. The Morgan fingerprint density at radius 1 is 1.11 bits per heavy atom. The number of thiazole rings is 1. The lowest BCUT2D eigenvalue weighted by Gasteiger charge is -2.05. The molecule has 1 aromatic heterocycles. The van der Waals surface area contributed by atoms with Crippen molar-refractivity contribution >= 4 is 75.8 Å². The molecular formula is C13H7Br2ClN2S. The standard InChI is InChI=1S/C13H7Br2ClN2S/c14-7-1-4-12-11(5-7)18-13(19-12)17-10-6-8(16)2-3-9(10)15/h1-6H,(H,17,18). The predicted molar refractivity (Wildman–Crippen MR) is 89.8 cm³/mol. The Bertz CT molecular complexity index is 757. The number of fused-ring (bicyclic) bond motifs is 1. The number of hydrogen-bond donors (Lipinski definition) is 1. The van der Waals surface area contributed by atoms with Crippen LogP contribution in [0.25, 0.3) is 10.2 Å². The van der Waals surface area contributed by atoms with Gasteiger partial charge in [-0.2, -0.15) is 0 Å². The molecular weight excluding hydrogens is 411 g/mol. The van der Waals surface area contributed by atoms with E-state index < -0.39 is 0 Å². The number of anilines is 2. The summed E-state index contributed by atoms with van der Waals surface area (Å²) in [6.45, 7) is 0. The van der Waals surface area contributed by atoms with Crippen molar-refractivity contribution in [1.29, 1.82) is 0 Å². The lowest BCUT2D eigenvalue weighted by molar-refractivity contribution is 1.43. The van der Waals surface area contributed by atoms with Crippen molar-refractivity contribution in [1.82, 2.24) is 4.98 Å². The van der Waals surface area contributed by atoms with E-state index in [1.165, 1.54) is 0 Å². The molecule has 0 fully saturated rings. The van der Waals surface area contributed by atoms with E-state index in [1.807, 2.05) is 30.3 Å². The van der Waals surface area contributed by atoms with Gasteiger partial charge in [-0.1, -0.05) is 38.9 Å². The fourth-order valence-electron chi connectivity index (χ4n) is 1.66. The summed E-state index contributed by atoms with van der Waals surface area (Å²) < 4.78 is 3.13. The molecule has 0 amide bonds. The molecule has 0 unspecified atom stereocenters. The summed E-state index contributed by atoms with van der Waals surface area (Å²) in [4.78, 5) is 4.55. The van der Waals surface area contributed by atoms with Crippen LogP contribution in [0.2, 0.25) is 5.02 Å². The van der Waals surface area contributed by atoms with Crippen LogP contribution < -0.4 is 5.32 Å². The molecule has 0 saturated carbocycles. The van der Waals surface area contributed by atoms with Gasteiger partial charge in [0.2, 0.25) is 0 Å². The molecule has 0 saturated heterocycles. The normalized spacial score (nSPS) is 10.9. The molecule has 0 atom stereocenters. The van der Waals surface area contributed by atoms with Crippen LogP contribution in [0.15, 0.2) is 45.3 Å². The van der Waals surface area contributed by atoms with Crippen LogP contribution in [-0.2, 0) is 0 Å². The van der Waals surface area contributed by atoms with Crippen molar-refractivity contribution in [3.8, 4) is 0 Å². The molecule has 96 valence electrons. The predicted octanol–water partition coefficient (Wildman–Crippen LogP) is 6.22. The summed E-state index contributed by atoms with van der Waals surface area (Å²) in [5, 5.41) is 4.82. The molecule has 2 aromatic carbocycles. The summed E-state index contributed by atoms with van der Waals surface area (Å²) in [5.41, 5.74) is 1.88. The third kappa shape index (κ3) is 2.94. The van der Waals surface area contributed by atoms with Crippen molar-refractivity contribution in [2.45, 2.75) is 0 Å². The largest absolute Gasteiger partial charge is 0.331 e. The number of hydrogen-bond acceptors (Lipinski definition) is 3. The van der Waals surface area contributed by atoms with E-state index in [1.54, 1.807) is 11.3 Å². The van der Waals surface area contributed by atoms with E-state index in [4.69, 9.17) is 11.6 Å². The first-order valence-electron chi connectivity index (χ1n) is 5.40. The second-order valence-electron chi connectivity index (χ2n) is 3.88. The first kappa shape index (κ1) is 13.4. The molecule has 0 bridgehead atoms. The molecule has 3 rings (SSSR count). The average molecular weight is 419 g/mol. The molecule has 0 radical (unpaired) electrons. The fourth-order valence-corrected chi connectivity index (χ4v) is 3.39. The van der Waals surface area contributed by atoms with Gasteiger partial charge >= 0.3 is 0 Å². The third-order valence-electron chi connectivity index (χ3n) is 2.52. The van der Waals surface area contributed by atoms with Crippen LogP contribution >= 0.6 is 54.8 Å². The van der Waals surface area contributed by atoms with Gasteiger partial charge in [0.15, 0.2) is 5.13 Å². The minimum Gasteiger partial charge on any atom is -0.331 e. The van der Waals surface area contributed by atoms with Crippen LogP contribution in [0, 0.1) is 0 Å². The average Bonchev–Trinajstić information content (AvgIpc) is 2.75. The summed E-state index contributed by atoms with van der Waals surface area (Å²) in [5.74, 6) is 0. The zero-order chi connectivity index (χ0) is 13.4. The highest BCUT2D eigenvalue weighted by Gasteiger charge is 2.07. The minimum absolute atomic E-state index is 0.689. The summed E-state index contributed by atoms with van der Waals surface area (Å²) >= 11 is 14.5. The maximum Gasteiger partial charge on any atom is 0.188 e. The van der Waals surface area contributed by atoms with Gasteiger partial charge in [-0.15, -0.1) is 0 Å². The van der Waals surface area contributed by atoms with Crippen molar-refractivity contribution in [2.24, 2.45) is 0 Å². The molecule has 1 heterocycles. The van der Waals surface area contributed by atoms with Crippen LogP contribution in [0.5, 0.6) is 0 Å². The first-order valence-corrected chi connectivity index (χ1v) is 8.18. The number of nitrogens with zero attached hydrogens (tertiary/aromatic N) is 1. The quantitative estimate of drug-likeness (QED) is 0.534. The first-order chi connectivity index (χ1) is 9.11. The maximum absolute atomic E-state index is 6.00. The second kappa shape index (κ2) is 5.40. The number of nitrogens with one attached hydrogen (secondary N) is 1. The fraction of sp³-hybridized carbons (Fsp3) is 0. The van der Waals surface area contributed by atoms with Gasteiger partial charge in [0, 0.05) is 14.0 Å². The highest BCUT2D eigenvalue weighted by Crippen LogP contribution is 2.33. The topological polar surface area (TPSA) is 24.9 Å². The van der Waals surface area contributed by atoms with Crippen molar-refractivity contribution in [3.05, 3.63) is 50.4 Å². The molecule has 0 aliphatic heterocycles. The third-order valence-corrected chi connectivity index (χ3v) is 4.89. The molecule has 0 aliphatic rings. The molecule has 0 spiro atoms. The minimum atomic E-state index is 0.689. The number of rotatable bonds is 2. The zero-order valence-electron chi connectivity index (χ0n) is 9.45. The smallest absolute Gasteiger partial charge is 0.188 e. The second-order valence-corrected chi connectivity index (χ2v) is 7.12. The number of aromatic nitrogens is 1. The zero-order valence-corrected chi connectivity index (χ0v) is 14.2. The van der Waals surface area contributed by atoms with E-state index in [9.17, 15) is 0 Å². The van der Waals surface area contributed by atoms with E-state index in [0.717, 1.165) is 30.0 Å². The highest BCUT2D eigenvalue weighted by atomic mass is 79.9. The van der Waals surface area contributed by atoms with Crippen LogP contribution in [0.1, 0.15) is 0 Å². The lowest BCUT2D eigenvalue weighted by Crippen LogP contribution is -1.90. The Labute approximate surface area is 136 Å². The van der Waals surface area contributed by atoms with E-state index in [2.05, 4.69) is 48.2 Å². The number of halogens is 3. The van der Waals surface area contributed by atoms with Gasteiger partial charge in [-0.25, -0.2) is 4.98 Å². The molecule has 19 heavy (non-hydrogen) atoms. The van der Waals surface area contributed by atoms with E-state index in [0.29, 0.717) is 5.02 Å². The SMILES string of the molecule is Clc1ccc(Br)c(Nc2nc3cc(Br)ccc3s2)c1. The Morgan fingerprint density at radius 2 is 1.95 bits per heavy atom. The maximum atomic E-state index is 6.00. The number of benzene rings is 2. The Hall–Kier alpha value is -0.620. The Morgan fingerprint density at radius 3 is 2.79 bits per heavy atom. The molecule has 6 heteroatoms. The van der Waals surface area contributed by atoms with Crippen molar-refractivity contribution in [2.75, 3.05) is 5.32 Å². The van der Waals surface area contributed by atoms with Gasteiger partial charge < -0.3 is 5.32 Å². The van der Waals surface area contributed by atoms with Gasteiger partial charge in [0.05, 0.1) is 15.9 Å². The summed E-state index contributed by atoms with van der Waals surface area (Å²) in [6.07, 6.45) is 0. The lowest BCUT2D eigenvalue weighted by atomic mass is 10.3. The van der Waals surface area contributed by atoms with Crippen molar-refractivity contribution in [3.63, 3.8) is 0 Å². The van der Waals surface area contributed by atoms with Gasteiger partial charge in [0.1, 0.15) is 0 Å². The van der Waals surface area contributed by atoms with E-state index in [-0.39, 0.29) is 0 Å². The van der Waals surface area contributed by atoms with Crippen molar-refractivity contribution < 1.29 is 0 Å². The van der Waals surface area contributed by atoms with Gasteiger partial charge in [0.25, 0.3) is 0 Å². The molecule has 3 aromatic rings. The highest BCUT2D eigenvalue weighted by molar-refractivity contribution is 9.10. The van der Waals surface area contributed by atoms with Crippen LogP contribution in [0.3, 0.4) is 0 Å². The Balaban J connectivity index is 1.98. The summed E-state index contributed by atoms with van der Waals surface area (Å²) in [6, 6.07) is 11.7.